The van der Waals surface area contributed by atoms with Crippen LogP contribution in [0.2, 0.25) is 0 Å². The second kappa shape index (κ2) is 3.88. The molecule has 6 nitrogen and oxygen atoms in total. The average molecular weight is 186 g/mol. The van der Waals surface area contributed by atoms with Crippen LogP contribution >= 0.6 is 0 Å². The van der Waals surface area contributed by atoms with Crippen LogP contribution in [0, 0.1) is 0 Å². The number of hydrogen-bond donors (Lipinski definition) is 2. The van der Waals surface area contributed by atoms with Gasteiger partial charge in [0.1, 0.15) is 0 Å². The van der Waals surface area contributed by atoms with Crippen molar-refractivity contribution in [2.24, 2.45) is 5.16 Å². The fourth-order valence-corrected chi connectivity index (χ4v) is 0.932. The summed E-state index contributed by atoms with van der Waals surface area (Å²) in [6, 6.07) is 0. The van der Waals surface area contributed by atoms with E-state index in [-0.39, 0.29) is 18.0 Å². The maximum atomic E-state index is 11.1. The lowest BCUT2D eigenvalue weighted by Crippen LogP contribution is -2.34. The van der Waals surface area contributed by atoms with Gasteiger partial charge in [0.15, 0.2) is 5.71 Å². The summed E-state index contributed by atoms with van der Waals surface area (Å²) in [7, 11) is 0. The van der Waals surface area contributed by atoms with Crippen LogP contribution < -0.4 is 5.32 Å². The van der Waals surface area contributed by atoms with Gasteiger partial charge in [0, 0.05) is 13.0 Å². The molecule has 13 heavy (non-hydrogen) atoms. The number of likely N-dealkylation sites (N-methyl/N-ethyl adjacent to an activating group) is 1. The summed E-state index contributed by atoms with van der Waals surface area (Å²) in [6.07, 6.45) is -0.757. The second-order valence-electron chi connectivity index (χ2n) is 2.54. The van der Waals surface area contributed by atoms with Gasteiger partial charge in [0.2, 0.25) is 6.10 Å². The third kappa shape index (κ3) is 2.17. The van der Waals surface area contributed by atoms with Crippen LogP contribution in [0.5, 0.6) is 0 Å². The number of nitrogens with one attached hydrogen (secondary N) is 1. The fourth-order valence-electron chi connectivity index (χ4n) is 0.932. The topological polar surface area (TPSA) is 88.0 Å². The highest BCUT2D eigenvalue weighted by atomic mass is 16.6. The molecule has 0 aromatic carbocycles. The molecule has 1 aliphatic heterocycles. The molecule has 0 saturated heterocycles. The summed E-state index contributed by atoms with van der Waals surface area (Å²) >= 11 is 0. The van der Waals surface area contributed by atoms with E-state index in [2.05, 4.69) is 15.3 Å². The van der Waals surface area contributed by atoms with Crippen LogP contribution in [0.1, 0.15) is 13.3 Å². The van der Waals surface area contributed by atoms with E-state index in [0.717, 1.165) is 0 Å². The predicted octanol–water partition coefficient (Wildman–Crippen LogP) is -0.648. The molecule has 72 valence electrons. The smallest absolute Gasteiger partial charge is 0.353 e. The molecule has 0 aromatic heterocycles. The maximum absolute atomic E-state index is 11.1. The predicted molar refractivity (Wildman–Crippen MR) is 43.2 cm³/mol. The minimum atomic E-state index is -1.15. The Kier molecular flexibility index (Phi) is 2.84. The summed E-state index contributed by atoms with van der Waals surface area (Å²) in [5.74, 6) is -1.48. The molecule has 0 bridgehead atoms. The molecule has 0 aliphatic carbocycles. The SMILES string of the molecule is CCNC(=O)C1CC(C(=O)O)=NO1. The molecular formula is C7H10N2O4. The molecular weight excluding hydrogens is 176 g/mol. The lowest BCUT2D eigenvalue weighted by Gasteiger charge is -2.06. The zero-order valence-corrected chi connectivity index (χ0v) is 7.11. The lowest BCUT2D eigenvalue weighted by molar-refractivity contribution is -0.131. The Balaban J connectivity index is 2.45. The minimum absolute atomic E-state index is 0.0289. The van der Waals surface area contributed by atoms with Crippen LogP contribution in [-0.4, -0.2) is 35.3 Å². The first kappa shape index (κ1) is 9.50. The van der Waals surface area contributed by atoms with Crippen LogP contribution in [-0.2, 0) is 14.4 Å². The molecule has 0 fully saturated rings. The van der Waals surface area contributed by atoms with Crippen LogP contribution in [0.25, 0.3) is 0 Å². The summed E-state index contributed by atoms with van der Waals surface area (Å²) in [6.45, 7) is 2.26. The number of rotatable bonds is 3. The first-order chi connectivity index (χ1) is 6.15. The van der Waals surface area contributed by atoms with Gasteiger partial charge in [0.25, 0.3) is 5.91 Å². The van der Waals surface area contributed by atoms with Gasteiger partial charge in [-0.2, -0.15) is 0 Å². The maximum Gasteiger partial charge on any atom is 0.353 e. The Hall–Kier alpha value is -1.59. The number of oxime groups is 1. The van der Waals surface area contributed by atoms with Gasteiger partial charge in [-0.05, 0) is 6.92 Å². The van der Waals surface area contributed by atoms with Crippen molar-refractivity contribution >= 4 is 17.6 Å². The Bertz CT molecular complexity index is 261. The molecule has 0 aromatic rings. The summed E-state index contributed by atoms with van der Waals surface area (Å²) in [4.78, 5) is 26.1. The van der Waals surface area contributed by atoms with Gasteiger partial charge in [0.05, 0.1) is 0 Å². The van der Waals surface area contributed by atoms with Gasteiger partial charge in [-0.15, -0.1) is 0 Å². The minimum Gasteiger partial charge on any atom is -0.477 e. The fraction of sp³-hybridized carbons (Fsp3) is 0.571. The number of carboxylic acids is 1. The third-order valence-electron chi connectivity index (χ3n) is 1.56. The largest absolute Gasteiger partial charge is 0.477 e. The number of aliphatic carboxylic acids is 1. The number of amides is 1. The summed E-state index contributed by atoms with van der Waals surface area (Å²) in [5.41, 5.74) is -0.115. The molecule has 6 heteroatoms. The molecule has 0 radical (unpaired) electrons. The number of nitrogens with zero attached hydrogens (tertiary/aromatic N) is 1. The highest BCUT2D eigenvalue weighted by Crippen LogP contribution is 2.10. The molecule has 1 aliphatic rings. The Labute approximate surface area is 74.6 Å². The Morgan fingerprint density at radius 1 is 1.77 bits per heavy atom. The zero-order valence-electron chi connectivity index (χ0n) is 7.11. The van der Waals surface area contributed by atoms with Crippen LogP contribution in [0.15, 0.2) is 5.16 Å². The molecule has 1 atom stereocenters. The highest BCUT2D eigenvalue weighted by molar-refractivity contribution is 6.36. The zero-order chi connectivity index (χ0) is 9.84. The van der Waals surface area contributed by atoms with Gasteiger partial charge in [-0.3, -0.25) is 4.79 Å². The van der Waals surface area contributed by atoms with E-state index in [1.807, 2.05) is 0 Å². The molecule has 1 heterocycles. The van der Waals surface area contributed by atoms with Gasteiger partial charge >= 0.3 is 5.97 Å². The molecule has 2 N–H and O–H groups in total. The van der Waals surface area contributed by atoms with E-state index in [4.69, 9.17) is 5.11 Å². The van der Waals surface area contributed by atoms with Gasteiger partial charge in [-0.25, -0.2) is 4.79 Å². The number of carboxylic acid groups (broad SMARTS) is 1. The van der Waals surface area contributed by atoms with Crippen LogP contribution in [0.3, 0.4) is 0 Å². The lowest BCUT2D eigenvalue weighted by atomic mass is 10.2. The van der Waals surface area contributed by atoms with Crippen molar-refractivity contribution in [3.8, 4) is 0 Å². The average Bonchev–Trinajstić information content (AvgIpc) is 2.52. The van der Waals surface area contributed by atoms with Crippen molar-refractivity contribution in [2.45, 2.75) is 19.4 Å². The van der Waals surface area contributed by atoms with Gasteiger partial charge < -0.3 is 15.3 Å². The van der Waals surface area contributed by atoms with Crippen molar-refractivity contribution in [1.82, 2.24) is 5.32 Å². The Morgan fingerprint density at radius 3 is 2.92 bits per heavy atom. The molecule has 1 rings (SSSR count). The van der Waals surface area contributed by atoms with Crippen molar-refractivity contribution in [2.75, 3.05) is 6.54 Å². The first-order valence-corrected chi connectivity index (χ1v) is 3.88. The molecule has 0 saturated carbocycles. The van der Waals surface area contributed by atoms with E-state index in [1.165, 1.54) is 0 Å². The van der Waals surface area contributed by atoms with E-state index < -0.39 is 12.1 Å². The van der Waals surface area contributed by atoms with Crippen molar-refractivity contribution in [1.29, 1.82) is 0 Å². The van der Waals surface area contributed by atoms with Crippen LogP contribution in [0.4, 0.5) is 0 Å². The number of carbonyl (C=O) groups is 2. The third-order valence-corrected chi connectivity index (χ3v) is 1.56. The van der Waals surface area contributed by atoms with E-state index in [9.17, 15) is 9.59 Å². The standard InChI is InChI=1S/C7H10N2O4/c1-2-8-6(10)5-3-4(7(11)12)9-13-5/h5H,2-3H2,1H3,(H,8,10)(H,11,12). The summed E-state index contributed by atoms with van der Waals surface area (Å²) < 4.78 is 0. The summed E-state index contributed by atoms with van der Waals surface area (Å²) in [5, 5.41) is 14.3. The molecule has 1 unspecified atom stereocenters. The second-order valence-corrected chi connectivity index (χ2v) is 2.54. The van der Waals surface area contributed by atoms with Crippen molar-refractivity contribution < 1.29 is 19.5 Å². The Morgan fingerprint density at radius 2 is 2.46 bits per heavy atom. The monoisotopic (exact) mass is 186 g/mol. The van der Waals surface area contributed by atoms with Crippen molar-refractivity contribution in [3.63, 3.8) is 0 Å². The first-order valence-electron chi connectivity index (χ1n) is 3.88. The highest BCUT2D eigenvalue weighted by Gasteiger charge is 2.30. The van der Waals surface area contributed by atoms with E-state index in [0.29, 0.717) is 6.54 Å². The van der Waals surface area contributed by atoms with E-state index >= 15 is 0 Å². The van der Waals surface area contributed by atoms with Crippen molar-refractivity contribution in [3.05, 3.63) is 0 Å². The number of hydrogen-bond acceptors (Lipinski definition) is 4. The molecule has 0 spiro atoms. The molecule has 1 amide bonds. The number of carbonyl (C=O) groups excluding carboxylic acids is 1. The van der Waals surface area contributed by atoms with Gasteiger partial charge in [-0.1, -0.05) is 5.16 Å². The quantitative estimate of drug-likeness (QED) is 0.613. The van der Waals surface area contributed by atoms with E-state index in [1.54, 1.807) is 6.92 Å². The normalized spacial score (nSPS) is 20.4.